The van der Waals surface area contributed by atoms with Gasteiger partial charge in [-0.25, -0.2) is 8.42 Å². The van der Waals surface area contributed by atoms with Gasteiger partial charge in [0, 0.05) is 24.1 Å². The molecule has 114 valence electrons. The minimum atomic E-state index is -3.05. The Morgan fingerprint density at radius 1 is 1.33 bits per heavy atom. The zero-order valence-corrected chi connectivity index (χ0v) is 12.9. The Labute approximate surface area is 125 Å². The highest BCUT2D eigenvalue weighted by Crippen LogP contribution is 2.17. The van der Waals surface area contributed by atoms with Gasteiger partial charge in [0.15, 0.2) is 9.84 Å². The molecule has 21 heavy (non-hydrogen) atoms. The van der Waals surface area contributed by atoms with Crippen LogP contribution in [0.2, 0.25) is 0 Å². The van der Waals surface area contributed by atoms with E-state index in [1.807, 2.05) is 13.0 Å². The van der Waals surface area contributed by atoms with Crippen LogP contribution in [0.25, 0.3) is 0 Å². The van der Waals surface area contributed by atoms with Gasteiger partial charge in [-0.3, -0.25) is 4.79 Å². The highest BCUT2D eigenvalue weighted by molar-refractivity contribution is 7.90. The van der Waals surface area contributed by atoms with Crippen LogP contribution in [-0.2, 0) is 14.6 Å². The molecule has 6 heteroatoms. The third kappa shape index (κ3) is 7.94. The first kappa shape index (κ1) is 17.0. The number of carbonyl (C=O) groups is 1. The van der Waals surface area contributed by atoms with Crippen molar-refractivity contribution in [2.75, 3.05) is 23.9 Å². The summed E-state index contributed by atoms with van der Waals surface area (Å²) in [5, 5.41) is 2.69. The Morgan fingerprint density at radius 3 is 2.76 bits per heavy atom. The summed E-state index contributed by atoms with van der Waals surface area (Å²) in [4.78, 5) is 11.6. The minimum absolute atomic E-state index is 0.0460. The normalized spacial score (nSPS) is 11.9. The number of allylic oxidation sites excluding steroid dienone is 3. The minimum Gasteiger partial charge on any atom is -0.492 e. The quantitative estimate of drug-likeness (QED) is 0.619. The van der Waals surface area contributed by atoms with E-state index in [0.717, 1.165) is 6.26 Å². The van der Waals surface area contributed by atoms with Gasteiger partial charge in [0.05, 0.1) is 5.75 Å². The first-order valence-corrected chi connectivity index (χ1v) is 8.48. The van der Waals surface area contributed by atoms with Crippen LogP contribution in [0.4, 0.5) is 5.69 Å². The summed E-state index contributed by atoms with van der Waals surface area (Å²) < 4.78 is 27.4. The topological polar surface area (TPSA) is 72.5 Å². The molecule has 0 heterocycles. The lowest BCUT2D eigenvalue weighted by Crippen LogP contribution is -2.12. The lowest BCUT2D eigenvalue weighted by atomic mass is 10.3. The van der Waals surface area contributed by atoms with Gasteiger partial charge in [-0.2, -0.15) is 0 Å². The van der Waals surface area contributed by atoms with Crippen molar-refractivity contribution in [2.45, 2.75) is 6.92 Å². The maximum absolute atomic E-state index is 11.6. The summed E-state index contributed by atoms with van der Waals surface area (Å²) >= 11 is 0. The number of nitrogens with one attached hydrogen (secondary N) is 1. The molecule has 1 rings (SSSR count). The second-order valence-electron chi connectivity index (χ2n) is 4.38. The first-order valence-electron chi connectivity index (χ1n) is 6.41. The number of amides is 1. The van der Waals surface area contributed by atoms with Crippen molar-refractivity contribution in [3.8, 4) is 5.75 Å². The summed E-state index contributed by atoms with van der Waals surface area (Å²) in [7, 11) is -3.05. The number of sulfone groups is 1. The molecule has 5 nitrogen and oxygen atoms in total. The molecule has 0 aliphatic heterocycles. The van der Waals surface area contributed by atoms with Gasteiger partial charge in [0.1, 0.15) is 12.4 Å². The maximum Gasteiger partial charge on any atom is 0.248 e. The molecule has 0 saturated heterocycles. The van der Waals surface area contributed by atoms with Crippen LogP contribution in [0.3, 0.4) is 0 Å². The number of hydrogen-bond donors (Lipinski definition) is 1. The van der Waals surface area contributed by atoms with Crippen LogP contribution in [0.5, 0.6) is 5.75 Å². The first-order chi connectivity index (χ1) is 9.90. The van der Waals surface area contributed by atoms with Gasteiger partial charge < -0.3 is 10.1 Å². The van der Waals surface area contributed by atoms with Crippen molar-refractivity contribution in [3.05, 3.63) is 48.6 Å². The Hall–Kier alpha value is -2.08. The Balaban J connectivity index is 2.58. The molecule has 1 aromatic carbocycles. The molecule has 0 unspecified atom stereocenters. The summed E-state index contributed by atoms with van der Waals surface area (Å²) in [5.41, 5.74) is 0.585. The fourth-order valence-corrected chi connectivity index (χ4v) is 1.80. The van der Waals surface area contributed by atoms with Gasteiger partial charge in [0.25, 0.3) is 0 Å². The molecule has 0 bridgehead atoms. The van der Waals surface area contributed by atoms with E-state index in [-0.39, 0.29) is 18.3 Å². The molecule has 0 aliphatic rings. The van der Waals surface area contributed by atoms with E-state index in [1.54, 1.807) is 36.4 Å². The van der Waals surface area contributed by atoms with E-state index >= 15 is 0 Å². The number of hydrogen-bond acceptors (Lipinski definition) is 4. The summed E-state index contributed by atoms with van der Waals surface area (Å²) in [5.74, 6) is 0.214. The molecule has 1 N–H and O–H groups in total. The molecular weight excluding hydrogens is 290 g/mol. The Kier molecular flexibility index (Phi) is 6.68. The number of anilines is 1. The summed E-state index contributed by atoms with van der Waals surface area (Å²) in [6.07, 6.45) is 7.79. The Bertz CT molecular complexity index is 633. The average molecular weight is 309 g/mol. The lowest BCUT2D eigenvalue weighted by Gasteiger charge is -2.07. The largest absolute Gasteiger partial charge is 0.492 e. The predicted molar refractivity (Wildman–Crippen MR) is 84.2 cm³/mol. The highest BCUT2D eigenvalue weighted by Gasteiger charge is 2.04. The smallest absolute Gasteiger partial charge is 0.248 e. The molecule has 0 saturated carbocycles. The third-order valence-corrected chi connectivity index (χ3v) is 3.28. The number of carbonyl (C=O) groups excluding carboxylic acids is 1. The zero-order valence-electron chi connectivity index (χ0n) is 12.1. The zero-order chi connectivity index (χ0) is 15.7. The average Bonchev–Trinajstić information content (AvgIpc) is 2.38. The van der Waals surface area contributed by atoms with Crippen LogP contribution in [0, 0.1) is 0 Å². The van der Waals surface area contributed by atoms with Crippen molar-refractivity contribution in [3.63, 3.8) is 0 Å². The van der Waals surface area contributed by atoms with Crippen LogP contribution < -0.4 is 10.1 Å². The third-order valence-electron chi connectivity index (χ3n) is 2.38. The SMILES string of the molecule is C/C=C/C=C/C(=O)Nc1cccc(OCCS(C)(=O)=O)c1. The molecule has 0 spiro atoms. The van der Waals surface area contributed by atoms with Crippen LogP contribution in [0.15, 0.2) is 48.6 Å². The molecule has 0 atom stereocenters. The van der Waals surface area contributed by atoms with Crippen LogP contribution >= 0.6 is 0 Å². The number of benzene rings is 1. The van der Waals surface area contributed by atoms with Crippen LogP contribution in [-0.4, -0.2) is 32.9 Å². The molecular formula is C15H19NO4S. The van der Waals surface area contributed by atoms with E-state index < -0.39 is 9.84 Å². The number of rotatable bonds is 7. The molecule has 0 fully saturated rings. The van der Waals surface area contributed by atoms with Gasteiger partial charge in [-0.05, 0) is 19.1 Å². The van der Waals surface area contributed by atoms with Gasteiger partial charge >= 0.3 is 0 Å². The van der Waals surface area contributed by atoms with E-state index in [1.165, 1.54) is 6.08 Å². The van der Waals surface area contributed by atoms with Gasteiger partial charge in [-0.1, -0.05) is 24.3 Å². The highest BCUT2D eigenvalue weighted by atomic mass is 32.2. The van der Waals surface area contributed by atoms with Crippen molar-refractivity contribution in [1.29, 1.82) is 0 Å². The molecule has 1 aromatic rings. The Morgan fingerprint density at radius 2 is 2.10 bits per heavy atom. The fraction of sp³-hybridized carbons (Fsp3) is 0.267. The number of ether oxygens (including phenoxy) is 1. The predicted octanol–water partition coefficient (Wildman–Crippen LogP) is 2.18. The van der Waals surface area contributed by atoms with Gasteiger partial charge in [0.2, 0.25) is 5.91 Å². The second kappa shape index (κ2) is 8.26. The van der Waals surface area contributed by atoms with Crippen molar-refractivity contribution >= 4 is 21.4 Å². The molecule has 0 radical (unpaired) electrons. The fourth-order valence-electron chi connectivity index (χ4n) is 1.41. The van der Waals surface area contributed by atoms with Crippen molar-refractivity contribution < 1.29 is 17.9 Å². The maximum atomic E-state index is 11.6. The molecule has 0 aliphatic carbocycles. The van der Waals surface area contributed by atoms with E-state index in [0.29, 0.717) is 11.4 Å². The van der Waals surface area contributed by atoms with Crippen molar-refractivity contribution in [1.82, 2.24) is 0 Å². The van der Waals surface area contributed by atoms with Gasteiger partial charge in [-0.15, -0.1) is 0 Å². The standard InChI is InChI=1S/C15H19NO4S/c1-3-4-5-9-15(17)16-13-7-6-8-14(12-13)20-10-11-21(2,18)19/h3-9,12H,10-11H2,1-2H3,(H,16,17)/b4-3+,9-5+. The van der Waals surface area contributed by atoms with Crippen LogP contribution in [0.1, 0.15) is 6.92 Å². The molecule has 1 amide bonds. The summed E-state index contributed by atoms with van der Waals surface area (Å²) in [6, 6.07) is 6.79. The molecule has 0 aromatic heterocycles. The van der Waals surface area contributed by atoms with E-state index in [2.05, 4.69) is 5.32 Å². The lowest BCUT2D eigenvalue weighted by molar-refractivity contribution is -0.111. The summed E-state index contributed by atoms with van der Waals surface area (Å²) in [6.45, 7) is 1.94. The van der Waals surface area contributed by atoms with E-state index in [4.69, 9.17) is 4.74 Å². The second-order valence-corrected chi connectivity index (χ2v) is 6.64. The van der Waals surface area contributed by atoms with Crippen molar-refractivity contribution in [2.24, 2.45) is 0 Å². The monoisotopic (exact) mass is 309 g/mol. The van der Waals surface area contributed by atoms with E-state index in [9.17, 15) is 13.2 Å².